The summed E-state index contributed by atoms with van der Waals surface area (Å²) in [5.41, 5.74) is -1.07. The third-order valence-electron chi connectivity index (χ3n) is 2.82. The number of carboxylic acids is 1. The Kier molecular flexibility index (Phi) is 4.65. The van der Waals surface area contributed by atoms with Crippen molar-refractivity contribution in [3.05, 3.63) is 0 Å². The normalized spacial score (nSPS) is 18.9. The van der Waals surface area contributed by atoms with Crippen molar-refractivity contribution in [3.8, 4) is 0 Å². The molecule has 4 nitrogen and oxygen atoms in total. The number of rotatable bonds is 7. The van der Waals surface area contributed by atoms with Gasteiger partial charge in [-0.1, -0.05) is 6.92 Å². The number of hydrogen-bond donors (Lipinski definition) is 2. The molecule has 0 heterocycles. The van der Waals surface area contributed by atoms with Gasteiger partial charge in [0.05, 0.1) is 5.75 Å². The summed E-state index contributed by atoms with van der Waals surface area (Å²) in [7, 11) is 0. The molecule has 2 N–H and O–H groups in total. The summed E-state index contributed by atoms with van der Waals surface area (Å²) in [4.78, 5) is 22.7. The van der Waals surface area contributed by atoms with E-state index in [1.165, 1.54) is 0 Å². The van der Waals surface area contributed by atoms with E-state index in [2.05, 4.69) is 12.2 Å². The lowest BCUT2D eigenvalue weighted by molar-refractivity contribution is -0.147. The van der Waals surface area contributed by atoms with Gasteiger partial charge in [0, 0.05) is 0 Å². The maximum Gasteiger partial charge on any atom is 0.329 e. The van der Waals surface area contributed by atoms with E-state index >= 15 is 0 Å². The number of carbonyl (C=O) groups is 2. The molecule has 1 aliphatic carbocycles. The minimum Gasteiger partial charge on any atom is -0.480 e. The maximum absolute atomic E-state index is 11.6. The van der Waals surface area contributed by atoms with E-state index in [4.69, 9.17) is 5.11 Å². The van der Waals surface area contributed by atoms with Crippen LogP contribution >= 0.6 is 11.8 Å². The van der Waals surface area contributed by atoms with E-state index in [1.807, 2.05) is 0 Å². The summed E-state index contributed by atoms with van der Waals surface area (Å²) in [5, 5.41) is 11.8. The first-order valence-corrected chi connectivity index (χ1v) is 6.78. The van der Waals surface area contributed by atoms with E-state index in [-0.39, 0.29) is 11.8 Å². The fourth-order valence-corrected chi connectivity index (χ4v) is 2.32. The molecule has 0 aliphatic heterocycles. The Labute approximate surface area is 100 Å². The zero-order valence-electron chi connectivity index (χ0n) is 9.78. The van der Waals surface area contributed by atoms with Crippen LogP contribution in [0.25, 0.3) is 0 Å². The molecule has 1 aliphatic rings. The van der Waals surface area contributed by atoms with Crippen LogP contribution in [-0.4, -0.2) is 34.0 Å². The smallest absolute Gasteiger partial charge is 0.329 e. The number of thioether (sulfide) groups is 1. The van der Waals surface area contributed by atoms with Crippen molar-refractivity contribution in [3.63, 3.8) is 0 Å². The van der Waals surface area contributed by atoms with Crippen molar-refractivity contribution in [1.29, 1.82) is 0 Å². The number of amides is 1. The molecule has 0 bridgehead atoms. The van der Waals surface area contributed by atoms with Gasteiger partial charge in [-0.05, 0) is 37.9 Å². The van der Waals surface area contributed by atoms with Crippen molar-refractivity contribution in [2.75, 3.05) is 11.5 Å². The Hall–Kier alpha value is -0.710. The number of nitrogens with one attached hydrogen (secondary N) is 1. The van der Waals surface area contributed by atoms with Crippen LogP contribution in [0.2, 0.25) is 0 Å². The molecule has 0 spiro atoms. The lowest BCUT2D eigenvalue weighted by Crippen LogP contribution is -2.54. The lowest BCUT2D eigenvalue weighted by atomic mass is 9.96. The zero-order chi connectivity index (χ0) is 12.2. The van der Waals surface area contributed by atoms with Crippen LogP contribution in [0.4, 0.5) is 0 Å². The van der Waals surface area contributed by atoms with E-state index in [0.29, 0.717) is 5.75 Å². The van der Waals surface area contributed by atoms with Crippen LogP contribution < -0.4 is 5.32 Å². The van der Waals surface area contributed by atoms with Crippen LogP contribution in [0.15, 0.2) is 0 Å². The van der Waals surface area contributed by atoms with Crippen molar-refractivity contribution >= 4 is 23.6 Å². The van der Waals surface area contributed by atoms with Gasteiger partial charge in [0.25, 0.3) is 0 Å². The van der Waals surface area contributed by atoms with Crippen LogP contribution in [0, 0.1) is 5.92 Å². The van der Waals surface area contributed by atoms with Gasteiger partial charge in [0.15, 0.2) is 0 Å². The van der Waals surface area contributed by atoms with Crippen molar-refractivity contribution in [2.24, 2.45) is 5.92 Å². The molecule has 0 aromatic rings. The third kappa shape index (κ3) is 3.40. The quantitative estimate of drug-likeness (QED) is 0.667. The summed E-state index contributed by atoms with van der Waals surface area (Å²) >= 11 is 1.54. The monoisotopic (exact) mass is 245 g/mol. The molecule has 0 radical (unpaired) electrons. The van der Waals surface area contributed by atoms with Gasteiger partial charge in [-0.3, -0.25) is 4.79 Å². The van der Waals surface area contributed by atoms with Gasteiger partial charge in [-0.25, -0.2) is 4.79 Å². The largest absolute Gasteiger partial charge is 0.480 e. The second-order valence-corrected chi connectivity index (χ2v) is 5.49. The first-order valence-electron chi connectivity index (χ1n) is 5.63. The molecule has 1 unspecified atom stereocenters. The van der Waals surface area contributed by atoms with Gasteiger partial charge >= 0.3 is 5.97 Å². The fraction of sp³-hybridized carbons (Fsp3) is 0.818. The standard InChI is InChI=1S/C11H19NO3S/c1-3-6-16-7-9(13)12-11(2,10(14)15)8-4-5-8/h8H,3-7H2,1-2H3,(H,12,13)(H,14,15). The molecule has 1 amide bonds. The van der Waals surface area contributed by atoms with Crippen LogP contribution in [-0.2, 0) is 9.59 Å². The second kappa shape index (κ2) is 5.57. The van der Waals surface area contributed by atoms with E-state index in [1.54, 1.807) is 18.7 Å². The summed E-state index contributed by atoms with van der Waals surface area (Å²) in [6.07, 6.45) is 2.81. The van der Waals surface area contributed by atoms with Crippen molar-refractivity contribution < 1.29 is 14.7 Å². The van der Waals surface area contributed by atoms with Gasteiger partial charge < -0.3 is 10.4 Å². The van der Waals surface area contributed by atoms with Gasteiger partial charge in [0.2, 0.25) is 5.91 Å². The van der Waals surface area contributed by atoms with Crippen molar-refractivity contribution in [1.82, 2.24) is 5.32 Å². The highest BCUT2D eigenvalue weighted by Crippen LogP contribution is 2.39. The SMILES string of the molecule is CCCSCC(=O)NC(C)(C(=O)O)C1CC1. The Morgan fingerprint density at radius 3 is 2.56 bits per heavy atom. The van der Waals surface area contributed by atoms with E-state index < -0.39 is 11.5 Å². The minimum atomic E-state index is -1.07. The molecule has 1 fully saturated rings. The zero-order valence-corrected chi connectivity index (χ0v) is 10.6. The predicted octanol–water partition coefficient (Wildman–Crippen LogP) is 1.50. The van der Waals surface area contributed by atoms with Gasteiger partial charge in [-0.15, -0.1) is 0 Å². The number of aliphatic carboxylic acids is 1. The fourth-order valence-electron chi connectivity index (χ4n) is 1.63. The molecule has 0 aromatic carbocycles. The van der Waals surface area contributed by atoms with Gasteiger partial charge in [-0.2, -0.15) is 11.8 Å². The van der Waals surface area contributed by atoms with Gasteiger partial charge in [0.1, 0.15) is 5.54 Å². The Balaban J connectivity index is 2.43. The highest BCUT2D eigenvalue weighted by molar-refractivity contribution is 7.99. The highest BCUT2D eigenvalue weighted by Gasteiger charge is 2.48. The Bertz CT molecular complexity index is 278. The molecule has 5 heteroatoms. The van der Waals surface area contributed by atoms with Crippen molar-refractivity contribution in [2.45, 2.75) is 38.6 Å². The minimum absolute atomic E-state index is 0.102. The maximum atomic E-state index is 11.6. The van der Waals surface area contributed by atoms with Crippen LogP contribution in [0.5, 0.6) is 0 Å². The Morgan fingerprint density at radius 2 is 2.12 bits per heavy atom. The number of hydrogen-bond acceptors (Lipinski definition) is 3. The number of carboxylic acid groups (broad SMARTS) is 1. The molecule has 0 aromatic heterocycles. The summed E-state index contributed by atoms with van der Waals surface area (Å²) in [6, 6.07) is 0. The molecule has 1 rings (SSSR count). The summed E-state index contributed by atoms with van der Waals surface area (Å²) in [5.74, 6) is 0.286. The second-order valence-electron chi connectivity index (χ2n) is 4.38. The third-order valence-corrected chi connectivity index (χ3v) is 3.98. The molecular formula is C11H19NO3S. The average Bonchev–Trinajstić information content (AvgIpc) is 3.00. The molecule has 1 saturated carbocycles. The van der Waals surface area contributed by atoms with Crippen LogP contribution in [0.3, 0.4) is 0 Å². The van der Waals surface area contributed by atoms with Crippen LogP contribution in [0.1, 0.15) is 33.1 Å². The first kappa shape index (κ1) is 13.4. The number of carbonyl (C=O) groups excluding carboxylic acids is 1. The highest BCUT2D eigenvalue weighted by atomic mass is 32.2. The average molecular weight is 245 g/mol. The predicted molar refractivity (Wildman–Crippen MR) is 64.5 cm³/mol. The molecule has 16 heavy (non-hydrogen) atoms. The van der Waals surface area contributed by atoms with E-state index in [9.17, 15) is 9.59 Å². The molecule has 92 valence electrons. The lowest BCUT2D eigenvalue weighted by Gasteiger charge is -2.26. The summed E-state index contributed by atoms with van der Waals surface area (Å²) < 4.78 is 0. The first-order chi connectivity index (χ1) is 7.50. The molecular weight excluding hydrogens is 226 g/mol. The topological polar surface area (TPSA) is 66.4 Å². The summed E-state index contributed by atoms with van der Waals surface area (Å²) in [6.45, 7) is 3.66. The molecule has 1 atom stereocenters. The van der Waals surface area contributed by atoms with E-state index in [0.717, 1.165) is 25.0 Å². The molecule has 0 saturated heterocycles. The Morgan fingerprint density at radius 1 is 1.50 bits per heavy atom.